The number of pyridine rings is 1. The summed E-state index contributed by atoms with van der Waals surface area (Å²) in [6.07, 6.45) is 6.41. The van der Waals surface area contributed by atoms with Crippen molar-refractivity contribution < 1.29 is 0 Å². The van der Waals surface area contributed by atoms with Crippen molar-refractivity contribution in [1.29, 1.82) is 0 Å². The van der Waals surface area contributed by atoms with Gasteiger partial charge in [0.15, 0.2) is 0 Å². The lowest BCUT2D eigenvalue weighted by molar-refractivity contribution is 0.814. The maximum absolute atomic E-state index is 4.47. The van der Waals surface area contributed by atoms with Gasteiger partial charge in [-0.1, -0.05) is 19.4 Å². The molecule has 0 fully saturated rings. The zero-order chi connectivity index (χ0) is 15.1. The molecule has 0 bridgehead atoms. The van der Waals surface area contributed by atoms with Crippen LogP contribution in [0.2, 0.25) is 0 Å². The molecule has 1 N–H and O–H groups in total. The fourth-order valence-electron chi connectivity index (χ4n) is 2.36. The maximum atomic E-state index is 4.47. The van der Waals surface area contributed by atoms with E-state index in [0.29, 0.717) is 0 Å². The molecule has 112 valence electrons. The zero-order valence-electron chi connectivity index (χ0n) is 13.0. The second-order valence-corrected chi connectivity index (χ2v) is 5.02. The van der Waals surface area contributed by atoms with Crippen molar-refractivity contribution in [3.8, 4) is 0 Å². The van der Waals surface area contributed by atoms with Gasteiger partial charge in [-0.05, 0) is 18.6 Å². The van der Waals surface area contributed by atoms with Crippen molar-refractivity contribution in [3.05, 3.63) is 42.0 Å². The van der Waals surface area contributed by atoms with E-state index in [1.165, 1.54) is 5.56 Å². The molecule has 0 aliphatic heterocycles. The van der Waals surface area contributed by atoms with Gasteiger partial charge in [0.25, 0.3) is 0 Å². The number of rotatable bonds is 7. The SMILES string of the molecule is CCCc1c(NC)ncnc1N(C)CCc1ccccn1. The summed E-state index contributed by atoms with van der Waals surface area (Å²) in [4.78, 5) is 15.3. The van der Waals surface area contributed by atoms with Gasteiger partial charge in [-0.2, -0.15) is 0 Å². The summed E-state index contributed by atoms with van der Waals surface area (Å²) in [5, 5.41) is 3.16. The molecule has 2 aromatic rings. The molecule has 0 aliphatic carbocycles. The van der Waals surface area contributed by atoms with E-state index in [2.05, 4.69) is 45.2 Å². The van der Waals surface area contributed by atoms with Crippen molar-refractivity contribution >= 4 is 11.6 Å². The third-order valence-electron chi connectivity index (χ3n) is 3.45. The summed E-state index contributed by atoms with van der Waals surface area (Å²) in [5.74, 6) is 1.93. The highest BCUT2D eigenvalue weighted by Gasteiger charge is 2.13. The molecule has 0 aromatic carbocycles. The van der Waals surface area contributed by atoms with Gasteiger partial charge in [0.1, 0.15) is 18.0 Å². The summed E-state index contributed by atoms with van der Waals surface area (Å²) in [7, 11) is 3.98. The third-order valence-corrected chi connectivity index (χ3v) is 3.45. The Hall–Kier alpha value is -2.17. The van der Waals surface area contributed by atoms with E-state index in [1.54, 1.807) is 6.33 Å². The first kappa shape index (κ1) is 15.2. The molecule has 0 unspecified atom stereocenters. The lowest BCUT2D eigenvalue weighted by atomic mass is 10.1. The predicted octanol–water partition coefficient (Wildman–Crippen LogP) is 2.54. The second-order valence-electron chi connectivity index (χ2n) is 5.02. The number of likely N-dealkylation sites (N-methyl/N-ethyl adjacent to an activating group) is 1. The van der Waals surface area contributed by atoms with Gasteiger partial charge < -0.3 is 10.2 Å². The minimum Gasteiger partial charge on any atom is -0.373 e. The van der Waals surface area contributed by atoms with E-state index < -0.39 is 0 Å². The zero-order valence-corrected chi connectivity index (χ0v) is 13.0. The highest BCUT2D eigenvalue weighted by Crippen LogP contribution is 2.23. The standard InChI is InChI=1S/C16H23N5/c1-4-7-14-15(17-2)19-12-20-16(14)21(3)11-9-13-8-5-6-10-18-13/h5-6,8,10,12H,4,7,9,11H2,1-3H3,(H,17,19,20). The lowest BCUT2D eigenvalue weighted by Crippen LogP contribution is -2.24. The number of aromatic nitrogens is 3. The molecule has 0 atom stereocenters. The molecule has 0 amide bonds. The van der Waals surface area contributed by atoms with Gasteiger partial charge in [-0.3, -0.25) is 4.98 Å². The largest absolute Gasteiger partial charge is 0.373 e. The lowest BCUT2D eigenvalue weighted by Gasteiger charge is -2.22. The Morgan fingerprint density at radius 3 is 2.67 bits per heavy atom. The van der Waals surface area contributed by atoms with Crippen molar-refractivity contribution in [1.82, 2.24) is 15.0 Å². The minimum atomic E-state index is 0.883. The third kappa shape index (κ3) is 3.90. The first-order valence-electron chi connectivity index (χ1n) is 7.39. The molecule has 0 aliphatic rings. The summed E-state index contributed by atoms with van der Waals surface area (Å²) in [6.45, 7) is 3.05. The fourth-order valence-corrected chi connectivity index (χ4v) is 2.36. The second kappa shape index (κ2) is 7.57. The molecule has 2 heterocycles. The highest BCUT2D eigenvalue weighted by atomic mass is 15.2. The van der Waals surface area contributed by atoms with Crippen molar-refractivity contribution in [3.63, 3.8) is 0 Å². The van der Waals surface area contributed by atoms with Gasteiger partial charge in [0.2, 0.25) is 0 Å². The van der Waals surface area contributed by atoms with Gasteiger partial charge >= 0.3 is 0 Å². The fraction of sp³-hybridized carbons (Fsp3) is 0.438. The minimum absolute atomic E-state index is 0.883. The predicted molar refractivity (Wildman–Crippen MR) is 86.8 cm³/mol. The van der Waals surface area contributed by atoms with Crippen LogP contribution in [-0.2, 0) is 12.8 Å². The Balaban J connectivity index is 2.12. The average molecular weight is 285 g/mol. The topological polar surface area (TPSA) is 53.9 Å². The van der Waals surface area contributed by atoms with Gasteiger partial charge in [0.05, 0.1) is 0 Å². The van der Waals surface area contributed by atoms with Gasteiger partial charge in [0, 0.05) is 44.5 Å². The molecule has 2 rings (SSSR count). The molecule has 21 heavy (non-hydrogen) atoms. The molecular weight excluding hydrogens is 262 g/mol. The van der Waals surface area contributed by atoms with Gasteiger partial charge in [-0.25, -0.2) is 9.97 Å². The van der Waals surface area contributed by atoms with E-state index in [4.69, 9.17) is 0 Å². The first-order chi connectivity index (χ1) is 10.3. The normalized spacial score (nSPS) is 10.4. The average Bonchev–Trinajstić information content (AvgIpc) is 2.54. The summed E-state index contributed by atoms with van der Waals surface area (Å²) >= 11 is 0. The van der Waals surface area contributed by atoms with Crippen molar-refractivity contribution in [2.45, 2.75) is 26.2 Å². The van der Waals surface area contributed by atoms with E-state index in [9.17, 15) is 0 Å². The maximum Gasteiger partial charge on any atom is 0.137 e. The van der Waals surface area contributed by atoms with Crippen molar-refractivity contribution in [2.75, 3.05) is 30.9 Å². The quantitative estimate of drug-likeness (QED) is 0.847. The molecule has 5 heteroatoms. The summed E-state index contributed by atoms with van der Waals surface area (Å²) in [6, 6.07) is 6.02. The number of nitrogens with zero attached hydrogens (tertiary/aromatic N) is 4. The number of anilines is 2. The Morgan fingerprint density at radius 2 is 2.00 bits per heavy atom. The van der Waals surface area contributed by atoms with Gasteiger partial charge in [-0.15, -0.1) is 0 Å². The first-order valence-corrected chi connectivity index (χ1v) is 7.39. The number of hydrogen-bond donors (Lipinski definition) is 1. The van der Waals surface area contributed by atoms with E-state index in [0.717, 1.165) is 43.1 Å². The molecule has 5 nitrogen and oxygen atoms in total. The molecule has 0 radical (unpaired) electrons. The van der Waals surface area contributed by atoms with Crippen LogP contribution in [0.4, 0.5) is 11.6 Å². The molecular formula is C16H23N5. The van der Waals surface area contributed by atoms with Crippen LogP contribution in [0.25, 0.3) is 0 Å². The Kier molecular flexibility index (Phi) is 5.49. The molecule has 0 saturated heterocycles. The van der Waals surface area contributed by atoms with Crippen LogP contribution < -0.4 is 10.2 Å². The Bertz CT molecular complexity index is 556. The van der Waals surface area contributed by atoms with E-state index >= 15 is 0 Å². The van der Waals surface area contributed by atoms with Crippen LogP contribution >= 0.6 is 0 Å². The van der Waals surface area contributed by atoms with Crippen LogP contribution in [-0.4, -0.2) is 35.6 Å². The van der Waals surface area contributed by atoms with Crippen LogP contribution in [0, 0.1) is 0 Å². The van der Waals surface area contributed by atoms with Crippen molar-refractivity contribution in [2.24, 2.45) is 0 Å². The highest BCUT2D eigenvalue weighted by molar-refractivity contribution is 5.58. The van der Waals surface area contributed by atoms with Crippen LogP contribution in [0.3, 0.4) is 0 Å². The van der Waals surface area contributed by atoms with E-state index in [1.807, 2.05) is 25.4 Å². The smallest absolute Gasteiger partial charge is 0.137 e. The molecule has 2 aromatic heterocycles. The van der Waals surface area contributed by atoms with Crippen LogP contribution in [0.1, 0.15) is 24.6 Å². The molecule has 0 saturated carbocycles. The summed E-state index contributed by atoms with van der Waals surface area (Å²) in [5.41, 5.74) is 2.29. The van der Waals surface area contributed by atoms with E-state index in [-0.39, 0.29) is 0 Å². The van der Waals surface area contributed by atoms with Crippen LogP contribution in [0.5, 0.6) is 0 Å². The van der Waals surface area contributed by atoms with Crippen LogP contribution in [0.15, 0.2) is 30.7 Å². The monoisotopic (exact) mass is 285 g/mol. The number of hydrogen-bond acceptors (Lipinski definition) is 5. The Morgan fingerprint density at radius 1 is 1.14 bits per heavy atom. The summed E-state index contributed by atoms with van der Waals surface area (Å²) < 4.78 is 0. The molecule has 0 spiro atoms. The Labute approximate surface area is 126 Å². The number of nitrogens with one attached hydrogen (secondary N) is 1.